The molecule has 0 atom stereocenters. The lowest BCUT2D eigenvalue weighted by Crippen LogP contribution is -2.19. The predicted molar refractivity (Wildman–Crippen MR) is 64.1 cm³/mol. The molecule has 1 aromatic heterocycles. The molecule has 5 heteroatoms. The Bertz CT molecular complexity index is 608. The summed E-state index contributed by atoms with van der Waals surface area (Å²) in [5, 5.41) is 8.58. The Morgan fingerprint density at radius 2 is 2.06 bits per heavy atom. The zero-order chi connectivity index (χ0) is 13.3. The second kappa shape index (κ2) is 4.37. The maximum Gasteiger partial charge on any atom is 0.388 e. The summed E-state index contributed by atoms with van der Waals surface area (Å²) >= 11 is 0. The summed E-state index contributed by atoms with van der Waals surface area (Å²) in [4.78, 5) is 3.90. The van der Waals surface area contributed by atoms with E-state index in [0.717, 1.165) is 6.07 Å². The highest BCUT2D eigenvalue weighted by Gasteiger charge is 2.37. The van der Waals surface area contributed by atoms with Crippen LogP contribution in [-0.4, -0.2) is 9.55 Å². The van der Waals surface area contributed by atoms with Crippen LogP contribution >= 0.6 is 0 Å². The molecule has 0 spiro atoms. The first-order valence-corrected chi connectivity index (χ1v) is 5.70. The molecule has 18 heavy (non-hydrogen) atoms. The Hall–Kier alpha value is -1.96. The van der Waals surface area contributed by atoms with Crippen LogP contribution in [0.5, 0.6) is 0 Å². The standard InChI is InChI=1S/C13H13F2N3/c1-9(2)7-18-11-6-4-3-5-10(11)17-12(18)13(14,15)8-16/h3-6,9H,7H2,1-2H3. The molecule has 0 amide bonds. The number of hydrogen-bond donors (Lipinski definition) is 0. The van der Waals surface area contributed by atoms with Gasteiger partial charge in [-0.1, -0.05) is 26.0 Å². The van der Waals surface area contributed by atoms with E-state index in [1.165, 1.54) is 4.57 Å². The molecule has 0 aliphatic carbocycles. The minimum absolute atomic E-state index is 0.191. The van der Waals surface area contributed by atoms with Gasteiger partial charge < -0.3 is 4.57 Å². The van der Waals surface area contributed by atoms with Gasteiger partial charge in [0.15, 0.2) is 5.82 Å². The first-order valence-electron chi connectivity index (χ1n) is 5.70. The van der Waals surface area contributed by atoms with Crippen LogP contribution in [0.4, 0.5) is 8.78 Å². The molecule has 1 heterocycles. The average Bonchev–Trinajstić information content (AvgIpc) is 2.68. The second-order valence-electron chi connectivity index (χ2n) is 4.61. The van der Waals surface area contributed by atoms with Crippen LogP contribution in [0.3, 0.4) is 0 Å². The molecular formula is C13H13F2N3. The Morgan fingerprint density at radius 3 is 2.67 bits per heavy atom. The topological polar surface area (TPSA) is 41.6 Å². The van der Waals surface area contributed by atoms with Gasteiger partial charge in [-0.15, -0.1) is 0 Å². The number of imidazole rings is 1. The van der Waals surface area contributed by atoms with Crippen molar-refractivity contribution in [2.75, 3.05) is 0 Å². The van der Waals surface area contributed by atoms with Crippen LogP contribution in [-0.2, 0) is 12.5 Å². The highest BCUT2D eigenvalue weighted by Crippen LogP contribution is 2.30. The fourth-order valence-electron chi connectivity index (χ4n) is 1.92. The number of fused-ring (bicyclic) bond motifs is 1. The summed E-state index contributed by atoms with van der Waals surface area (Å²) in [6, 6.07) is 7.94. The molecule has 0 aliphatic heterocycles. The molecule has 2 rings (SSSR count). The SMILES string of the molecule is CC(C)Cn1c(C(F)(F)C#N)nc2ccccc21. The van der Waals surface area contributed by atoms with Gasteiger partial charge in [0.2, 0.25) is 0 Å². The predicted octanol–water partition coefficient (Wildman–Crippen LogP) is 3.31. The van der Waals surface area contributed by atoms with E-state index >= 15 is 0 Å². The summed E-state index contributed by atoms with van der Waals surface area (Å²) in [5.41, 5.74) is 1.12. The Morgan fingerprint density at radius 1 is 1.39 bits per heavy atom. The zero-order valence-electron chi connectivity index (χ0n) is 10.2. The van der Waals surface area contributed by atoms with Crippen molar-refractivity contribution in [2.45, 2.75) is 26.3 Å². The van der Waals surface area contributed by atoms with Crippen molar-refractivity contribution in [3.05, 3.63) is 30.1 Å². The van der Waals surface area contributed by atoms with Gasteiger partial charge in [-0.25, -0.2) is 4.98 Å². The van der Waals surface area contributed by atoms with Gasteiger partial charge in [0.25, 0.3) is 0 Å². The molecule has 3 nitrogen and oxygen atoms in total. The van der Waals surface area contributed by atoms with Gasteiger partial charge in [0, 0.05) is 6.54 Å². The zero-order valence-corrected chi connectivity index (χ0v) is 10.2. The van der Waals surface area contributed by atoms with Gasteiger partial charge in [-0.2, -0.15) is 14.0 Å². The van der Waals surface area contributed by atoms with E-state index in [4.69, 9.17) is 5.26 Å². The van der Waals surface area contributed by atoms with Crippen molar-refractivity contribution in [1.29, 1.82) is 5.26 Å². The summed E-state index contributed by atoms with van der Waals surface area (Å²) in [6.07, 6.45) is 0. The summed E-state index contributed by atoms with van der Waals surface area (Å²) in [7, 11) is 0. The molecule has 1 aromatic carbocycles. The van der Waals surface area contributed by atoms with E-state index in [1.54, 1.807) is 24.3 Å². The van der Waals surface area contributed by atoms with Gasteiger partial charge in [-0.05, 0) is 18.1 Å². The lowest BCUT2D eigenvalue weighted by atomic mass is 10.2. The van der Waals surface area contributed by atoms with Gasteiger partial charge in [0.05, 0.1) is 11.0 Å². The molecule has 2 aromatic rings. The van der Waals surface area contributed by atoms with Crippen LogP contribution in [0, 0.1) is 17.2 Å². The van der Waals surface area contributed by atoms with E-state index in [1.807, 2.05) is 13.8 Å². The fraction of sp³-hybridized carbons (Fsp3) is 0.385. The Balaban J connectivity index is 2.69. The highest BCUT2D eigenvalue weighted by molar-refractivity contribution is 5.76. The number of benzene rings is 1. The van der Waals surface area contributed by atoms with Crippen molar-refractivity contribution >= 4 is 11.0 Å². The maximum absolute atomic E-state index is 13.6. The van der Waals surface area contributed by atoms with Crippen LogP contribution < -0.4 is 0 Å². The smallest absolute Gasteiger partial charge is 0.322 e. The summed E-state index contributed by atoms with van der Waals surface area (Å²) in [5.74, 6) is -3.84. The normalized spacial score (nSPS) is 12.0. The monoisotopic (exact) mass is 249 g/mol. The lowest BCUT2D eigenvalue weighted by molar-refractivity contribution is 0.0469. The van der Waals surface area contributed by atoms with Crippen LogP contribution in [0.25, 0.3) is 11.0 Å². The third kappa shape index (κ3) is 2.06. The molecular weight excluding hydrogens is 236 g/mol. The fourth-order valence-corrected chi connectivity index (χ4v) is 1.92. The van der Waals surface area contributed by atoms with Gasteiger partial charge in [0.1, 0.15) is 6.07 Å². The van der Waals surface area contributed by atoms with E-state index in [9.17, 15) is 8.78 Å². The van der Waals surface area contributed by atoms with Crippen LogP contribution in [0.1, 0.15) is 19.7 Å². The molecule has 0 aliphatic rings. The first-order chi connectivity index (χ1) is 8.45. The van der Waals surface area contributed by atoms with Crippen molar-refractivity contribution in [2.24, 2.45) is 5.92 Å². The highest BCUT2D eigenvalue weighted by atomic mass is 19.3. The van der Waals surface area contributed by atoms with Crippen molar-refractivity contribution < 1.29 is 8.78 Å². The third-order valence-electron chi connectivity index (χ3n) is 2.62. The van der Waals surface area contributed by atoms with E-state index < -0.39 is 11.7 Å². The first kappa shape index (κ1) is 12.5. The largest absolute Gasteiger partial charge is 0.388 e. The molecule has 0 saturated carbocycles. The minimum Gasteiger partial charge on any atom is -0.322 e. The van der Waals surface area contributed by atoms with Crippen molar-refractivity contribution in [3.63, 3.8) is 0 Å². The average molecular weight is 249 g/mol. The van der Waals surface area contributed by atoms with Crippen LogP contribution in [0.2, 0.25) is 0 Å². The summed E-state index contributed by atoms with van der Waals surface area (Å²) in [6.45, 7) is 4.28. The Labute approximate surface area is 104 Å². The number of aromatic nitrogens is 2. The number of alkyl halides is 2. The summed E-state index contributed by atoms with van der Waals surface area (Å²) < 4.78 is 28.6. The molecule has 0 unspecified atom stereocenters. The molecule has 0 N–H and O–H groups in total. The van der Waals surface area contributed by atoms with Gasteiger partial charge >= 0.3 is 5.92 Å². The lowest BCUT2D eigenvalue weighted by Gasteiger charge is -2.13. The molecule has 94 valence electrons. The third-order valence-corrected chi connectivity index (χ3v) is 2.62. The second-order valence-corrected chi connectivity index (χ2v) is 4.61. The van der Waals surface area contributed by atoms with E-state index in [2.05, 4.69) is 4.98 Å². The van der Waals surface area contributed by atoms with E-state index in [-0.39, 0.29) is 5.92 Å². The number of rotatable bonds is 3. The van der Waals surface area contributed by atoms with Gasteiger partial charge in [-0.3, -0.25) is 0 Å². The number of nitriles is 1. The quantitative estimate of drug-likeness (QED) is 0.837. The number of halogens is 2. The molecule has 0 bridgehead atoms. The van der Waals surface area contributed by atoms with E-state index in [0.29, 0.717) is 17.6 Å². The maximum atomic E-state index is 13.6. The molecule has 0 radical (unpaired) electrons. The minimum atomic E-state index is -3.56. The van der Waals surface area contributed by atoms with Crippen LogP contribution in [0.15, 0.2) is 24.3 Å². The molecule has 0 fully saturated rings. The molecule has 0 saturated heterocycles. The Kier molecular flexibility index (Phi) is 3.04. The number of nitrogens with zero attached hydrogens (tertiary/aromatic N) is 3. The van der Waals surface area contributed by atoms with Crippen molar-refractivity contribution in [1.82, 2.24) is 9.55 Å². The number of para-hydroxylation sites is 2. The number of hydrogen-bond acceptors (Lipinski definition) is 2. The van der Waals surface area contributed by atoms with Crippen molar-refractivity contribution in [3.8, 4) is 6.07 Å².